The third kappa shape index (κ3) is 6.84. The fourth-order valence-corrected chi connectivity index (χ4v) is 3.29. The number of ether oxygens (including phenoxy) is 2. The number of carbonyl (C=O) groups excluding carboxylic acids is 2. The molecule has 2 amide bonds. The van der Waals surface area contributed by atoms with Gasteiger partial charge in [0.05, 0.1) is 30.0 Å². The Kier molecular flexibility index (Phi) is 8.88. The maximum Gasteiger partial charge on any atom is 0.259 e. The number of carbonyl (C=O) groups is 2. The van der Waals surface area contributed by atoms with Gasteiger partial charge in [-0.15, -0.1) is 0 Å². The van der Waals surface area contributed by atoms with Crippen LogP contribution < -0.4 is 20.1 Å². The Morgan fingerprint density at radius 1 is 0.727 bits per heavy atom. The molecule has 0 bridgehead atoms. The second kappa shape index (κ2) is 12.3. The number of rotatable bonds is 11. The van der Waals surface area contributed by atoms with E-state index in [9.17, 15) is 9.59 Å². The average Bonchev–Trinajstić information content (AvgIpc) is 2.84. The Morgan fingerprint density at radius 2 is 1.39 bits per heavy atom. The van der Waals surface area contributed by atoms with Gasteiger partial charge >= 0.3 is 0 Å². The molecule has 3 aromatic carbocycles. The van der Waals surface area contributed by atoms with E-state index in [0.29, 0.717) is 41.5 Å². The van der Waals surface area contributed by atoms with Crippen molar-refractivity contribution in [3.8, 4) is 11.5 Å². The third-order valence-corrected chi connectivity index (χ3v) is 4.98. The van der Waals surface area contributed by atoms with Crippen LogP contribution in [0.15, 0.2) is 72.8 Å². The highest BCUT2D eigenvalue weighted by atomic mass is 16.5. The standard InChI is InChI=1S/C27H30N2O4/c1-3-5-10-19-33-25-14-9-7-12-23(25)27(31)29-24-13-8-6-11-22(24)26(30)28-20-15-17-21(18-16-20)32-4-2/h6-9,11-18H,3-5,10,19H2,1-2H3,(H,28,30)(H,29,31). The summed E-state index contributed by atoms with van der Waals surface area (Å²) < 4.78 is 11.3. The summed E-state index contributed by atoms with van der Waals surface area (Å²) in [6.45, 7) is 5.17. The van der Waals surface area contributed by atoms with Crippen LogP contribution in [0.4, 0.5) is 11.4 Å². The smallest absolute Gasteiger partial charge is 0.259 e. The average molecular weight is 447 g/mol. The third-order valence-electron chi connectivity index (χ3n) is 4.98. The minimum Gasteiger partial charge on any atom is -0.494 e. The molecule has 0 unspecified atom stereocenters. The second-order valence-electron chi connectivity index (χ2n) is 7.46. The molecule has 33 heavy (non-hydrogen) atoms. The first-order valence-electron chi connectivity index (χ1n) is 11.3. The summed E-state index contributed by atoms with van der Waals surface area (Å²) in [7, 11) is 0. The number of para-hydroxylation sites is 2. The summed E-state index contributed by atoms with van der Waals surface area (Å²) in [5, 5.41) is 5.72. The fourth-order valence-electron chi connectivity index (χ4n) is 3.29. The van der Waals surface area contributed by atoms with Gasteiger partial charge in [-0.05, 0) is 61.9 Å². The normalized spacial score (nSPS) is 10.4. The van der Waals surface area contributed by atoms with Crippen molar-refractivity contribution in [1.82, 2.24) is 0 Å². The molecule has 6 heteroatoms. The van der Waals surface area contributed by atoms with E-state index in [0.717, 1.165) is 25.0 Å². The number of nitrogens with one attached hydrogen (secondary N) is 2. The number of hydrogen-bond donors (Lipinski definition) is 2. The van der Waals surface area contributed by atoms with Crippen molar-refractivity contribution in [3.05, 3.63) is 83.9 Å². The molecule has 0 heterocycles. The molecule has 0 aliphatic carbocycles. The van der Waals surface area contributed by atoms with Gasteiger partial charge in [-0.1, -0.05) is 44.0 Å². The highest BCUT2D eigenvalue weighted by molar-refractivity contribution is 6.13. The Labute approximate surface area is 194 Å². The van der Waals surface area contributed by atoms with Crippen LogP contribution in [0.1, 0.15) is 53.8 Å². The molecule has 6 nitrogen and oxygen atoms in total. The SMILES string of the molecule is CCCCCOc1ccccc1C(=O)Nc1ccccc1C(=O)Nc1ccc(OCC)cc1. The first-order valence-corrected chi connectivity index (χ1v) is 11.3. The fraction of sp³-hybridized carbons (Fsp3) is 0.259. The maximum atomic E-state index is 13.0. The molecule has 0 atom stereocenters. The first-order chi connectivity index (χ1) is 16.1. The molecular formula is C27H30N2O4. The van der Waals surface area contributed by atoms with E-state index in [1.807, 2.05) is 13.0 Å². The summed E-state index contributed by atoms with van der Waals surface area (Å²) in [5.74, 6) is 0.614. The van der Waals surface area contributed by atoms with Gasteiger partial charge in [0.2, 0.25) is 0 Å². The van der Waals surface area contributed by atoms with Crippen LogP contribution in [0.25, 0.3) is 0 Å². The lowest BCUT2D eigenvalue weighted by Gasteiger charge is -2.14. The minimum absolute atomic E-state index is 0.320. The molecule has 0 spiro atoms. The Hall–Kier alpha value is -3.80. The van der Waals surface area contributed by atoms with Gasteiger partial charge in [-0.25, -0.2) is 0 Å². The molecule has 0 radical (unpaired) electrons. The molecule has 0 aliphatic heterocycles. The maximum absolute atomic E-state index is 13.0. The van der Waals surface area contributed by atoms with Gasteiger partial charge in [0.15, 0.2) is 0 Å². The molecule has 3 rings (SSSR count). The summed E-state index contributed by atoms with van der Waals surface area (Å²) in [5.41, 5.74) is 1.85. The van der Waals surface area contributed by atoms with Gasteiger partial charge < -0.3 is 20.1 Å². The first kappa shape index (κ1) is 23.9. The summed E-state index contributed by atoms with van der Waals surface area (Å²) >= 11 is 0. The van der Waals surface area contributed by atoms with E-state index in [4.69, 9.17) is 9.47 Å². The van der Waals surface area contributed by atoms with Crippen LogP contribution in [0.2, 0.25) is 0 Å². The lowest BCUT2D eigenvalue weighted by atomic mass is 10.1. The Morgan fingerprint density at radius 3 is 2.12 bits per heavy atom. The van der Waals surface area contributed by atoms with E-state index >= 15 is 0 Å². The molecule has 0 fully saturated rings. The Balaban J connectivity index is 1.71. The molecule has 0 saturated heterocycles. The highest BCUT2D eigenvalue weighted by Crippen LogP contribution is 2.23. The van der Waals surface area contributed by atoms with Crippen LogP contribution in [-0.2, 0) is 0 Å². The largest absolute Gasteiger partial charge is 0.494 e. The zero-order valence-electron chi connectivity index (χ0n) is 19.1. The number of amides is 2. The predicted octanol–water partition coefficient (Wildman–Crippen LogP) is 6.16. The van der Waals surface area contributed by atoms with Crippen molar-refractivity contribution in [2.45, 2.75) is 33.1 Å². The van der Waals surface area contributed by atoms with E-state index in [1.165, 1.54) is 0 Å². The molecule has 0 aliphatic rings. The van der Waals surface area contributed by atoms with Crippen LogP contribution >= 0.6 is 0 Å². The Bertz CT molecular complexity index is 1060. The van der Waals surface area contributed by atoms with Gasteiger partial charge in [0, 0.05) is 5.69 Å². The second-order valence-corrected chi connectivity index (χ2v) is 7.46. The number of anilines is 2. The lowest BCUT2D eigenvalue weighted by Crippen LogP contribution is -2.19. The van der Waals surface area contributed by atoms with Crippen molar-refractivity contribution in [1.29, 1.82) is 0 Å². The minimum atomic E-state index is -0.331. The molecule has 172 valence electrons. The van der Waals surface area contributed by atoms with Crippen LogP contribution in [-0.4, -0.2) is 25.0 Å². The molecular weight excluding hydrogens is 416 g/mol. The number of benzene rings is 3. The molecule has 0 saturated carbocycles. The highest BCUT2D eigenvalue weighted by Gasteiger charge is 2.17. The molecule has 3 aromatic rings. The quantitative estimate of drug-likeness (QED) is 0.346. The number of hydrogen-bond acceptors (Lipinski definition) is 4. The summed E-state index contributed by atoms with van der Waals surface area (Å²) in [6.07, 6.45) is 3.10. The molecule has 2 N–H and O–H groups in total. The van der Waals surface area contributed by atoms with Gasteiger partial charge in [-0.3, -0.25) is 9.59 Å². The van der Waals surface area contributed by atoms with Crippen molar-refractivity contribution >= 4 is 23.2 Å². The van der Waals surface area contributed by atoms with Crippen molar-refractivity contribution in [2.75, 3.05) is 23.8 Å². The number of unbranched alkanes of at least 4 members (excludes halogenated alkanes) is 2. The van der Waals surface area contributed by atoms with E-state index in [2.05, 4.69) is 17.6 Å². The van der Waals surface area contributed by atoms with Gasteiger partial charge in [-0.2, -0.15) is 0 Å². The summed E-state index contributed by atoms with van der Waals surface area (Å²) in [6, 6.07) is 21.2. The summed E-state index contributed by atoms with van der Waals surface area (Å²) in [4.78, 5) is 25.9. The predicted molar refractivity (Wildman–Crippen MR) is 131 cm³/mol. The van der Waals surface area contributed by atoms with E-state index < -0.39 is 0 Å². The van der Waals surface area contributed by atoms with Crippen LogP contribution in [0.5, 0.6) is 11.5 Å². The lowest BCUT2D eigenvalue weighted by molar-refractivity contribution is 0.102. The van der Waals surface area contributed by atoms with Crippen LogP contribution in [0.3, 0.4) is 0 Å². The van der Waals surface area contributed by atoms with Crippen LogP contribution in [0, 0.1) is 0 Å². The van der Waals surface area contributed by atoms with Gasteiger partial charge in [0.25, 0.3) is 11.8 Å². The topological polar surface area (TPSA) is 76.7 Å². The monoisotopic (exact) mass is 446 g/mol. The van der Waals surface area contributed by atoms with E-state index in [-0.39, 0.29) is 11.8 Å². The van der Waals surface area contributed by atoms with Crippen molar-refractivity contribution in [3.63, 3.8) is 0 Å². The van der Waals surface area contributed by atoms with E-state index in [1.54, 1.807) is 66.7 Å². The van der Waals surface area contributed by atoms with Crippen molar-refractivity contribution < 1.29 is 19.1 Å². The molecule has 0 aromatic heterocycles. The zero-order valence-corrected chi connectivity index (χ0v) is 19.1. The van der Waals surface area contributed by atoms with Gasteiger partial charge in [0.1, 0.15) is 11.5 Å². The zero-order chi connectivity index (χ0) is 23.5. The van der Waals surface area contributed by atoms with Crippen molar-refractivity contribution in [2.24, 2.45) is 0 Å².